The van der Waals surface area contributed by atoms with E-state index in [1.807, 2.05) is 109 Å². The zero-order valence-corrected chi connectivity index (χ0v) is 27.5. The first-order valence-corrected chi connectivity index (χ1v) is 17.0. The largest absolute Gasteiger partial charge is 0.457 e. The van der Waals surface area contributed by atoms with Crippen LogP contribution in [0.3, 0.4) is 0 Å². The molecule has 4 aromatic carbocycles. The Labute approximate surface area is 283 Å². The van der Waals surface area contributed by atoms with Crippen molar-refractivity contribution in [3.05, 3.63) is 131 Å². The van der Waals surface area contributed by atoms with Crippen molar-refractivity contribution in [1.29, 1.82) is 0 Å². The fourth-order valence-corrected chi connectivity index (χ4v) is 6.72. The summed E-state index contributed by atoms with van der Waals surface area (Å²) in [7, 11) is 1.73. The van der Waals surface area contributed by atoms with Crippen molar-refractivity contribution in [2.24, 2.45) is 0 Å². The van der Waals surface area contributed by atoms with Crippen molar-refractivity contribution in [2.75, 3.05) is 20.1 Å². The van der Waals surface area contributed by atoms with E-state index in [-0.39, 0.29) is 24.1 Å². The lowest BCUT2D eigenvalue weighted by Gasteiger charge is -2.35. The summed E-state index contributed by atoms with van der Waals surface area (Å²) in [6, 6.07) is 33.1. The summed E-state index contributed by atoms with van der Waals surface area (Å²) in [5.41, 5.74) is 3.88. The summed E-state index contributed by atoms with van der Waals surface area (Å²) in [5.74, 6) is 0.586. The Bertz CT molecular complexity index is 1690. The number of nitrogens with zero attached hydrogens (tertiary/aromatic N) is 2. The van der Waals surface area contributed by atoms with Gasteiger partial charge in [-0.05, 0) is 91.7 Å². The summed E-state index contributed by atoms with van der Waals surface area (Å²) >= 11 is 0. The molecule has 2 heterocycles. The topological polar surface area (TPSA) is 91.0 Å². The van der Waals surface area contributed by atoms with E-state index in [4.69, 9.17) is 4.74 Å². The molecule has 0 aliphatic carbocycles. The van der Waals surface area contributed by atoms with Gasteiger partial charge >= 0.3 is 0 Å². The normalized spacial score (nSPS) is 20.5. The third-order valence-electron chi connectivity index (χ3n) is 9.38. The maximum absolute atomic E-state index is 14.5. The number of likely N-dealkylation sites (N-methyl/N-ethyl adjacent to an activating group) is 1. The van der Waals surface area contributed by atoms with Crippen LogP contribution in [-0.4, -0.2) is 65.8 Å². The molecule has 0 aromatic heterocycles. The van der Waals surface area contributed by atoms with Gasteiger partial charge < -0.3 is 20.3 Å². The van der Waals surface area contributed by atoms with Crippen LogP contribution in [0.2, 0.25) is 0 Å². The first-order valence-electron chi connectivity index (χ1n) is 17.0. The fraction of sp³-hybridized carbons (Fsp3) is 0.325. The SMILES string of the molecule is CN1C(=O)[C@@H](N2CCCC2)Cc2cccc(c2)Oc2cccc(c2)C[C@@H](C(=O)NCc2ccccc2)NC(=O)[C@@H]1CCc1ccccc1. The number of ether oxygens (including phenoxy) is 1. The van der Waals surface area contributed by atoms with Crippen molar-refractivity contribution >= 4 is 17.7 Å². The van der Waals surface area contributed by atoms with Gasteiger partial charge in [-0.25, -0.2) is 0 Å². The van der Waals surface area contributed by atoms with Crippen molar-refractivity contribution in [2.45, 2.75) is 63.2 Å². The molecule has 0 radical (unpaired) electrons. The van der Waals surface area contributed by atoms with Crippen LogP contribution >= 0.6 is 0 Å². The van der Waals surface area contributed by atoms with Crippen LogP contribution in [0.4, 0.5) is 0 Å². The lowest BCUT2D eigenvalue weighted by atomic mass is 9.99. The van der Waals surface area contributed by atoms with E-state index in [9.17, 15) is 14.4 Å². The summed E-state index contributed by atoms with van der Waals surface area (Å²) in [6.45, 7) is 1.99. The van der Waals surface area contributed by atoms with E-state index in [0.29, 0.717) is 37.3 Å². The predicted molar refractivity (Wildman–Crippen MR) is 187 cm³/mol. The van der Waals surface area contributed by atoms with Crippen LogP contribution < -0.4 is 15.4 Å². The quantitative estimate of drug-likeness (QED) is 0.285. The van der Waals surface area contributed by atoms with Crippen LogP contribution in [0.25, 0.3) is 0 Å². The molecular weight excluding hydrogens is 600 g/mol. The van der Waals surface area contributed by atoms with E-state index in [1.54, 1.807) is 11.9 Å². The molecule has 3 amide bonds. The first-order chi connectivity index (χ1) is 23.4. The Morgan fingerprint density at radius 3 is 2.04 bits per heavy atom. The molecule has 2 aliphatic rings. The number of hydrogen-bond acceptors (Lipinski definition) is 5. The third-order valence-corrected chi connectivity index (χ3v) is 9.38. The highest BCUT2D eigenvalue weighted by Gasteiger charge is 2.36. The van der Waals surface area contributed by atoms with Crippen molar-refractivity contribution < 1.29 is 19.1 Å². The summed E-state index contributed by atoms with van der Waals surface area (Å²) < 4.78 is 6.29. The van der Waals surface area contributed by atoms with Gasteiger partial charge in [0.05, 0.1) is 6.04 Å². The van der Waals surface area contributed by atoms with Crippen molar-refractivity contribution in [1.82, 2.24) is 20.4 Å². The Hall–Kier alpha value is -4.95. The highest BCUT2D eigenvalue weighted by molar-refractivity contribution is 5.93. The first kappa shape index (κ1) is 33.0. The van der Waals surface area contributed by atoms with Crippen LogP contribution in [-0.2, 0) is 40.2 Å². The number of carbonyl (C=O) groups excluding carboxylic acids is 3. The molecule has 4 aromatic rings. The maximum atomic E-state index is 14.5. The smallest absolute Gasteiger partial charge is 0.243 e. The Balaban J connectivity index is 1.35. The van der Waals surface area contributed by atoms with E-state index in [2.05, 4.69) is 15.5 Å². The highest BCUT2D eigenvalue weighted by Crippen LogP contribution is 2.26. The Kier molecular flexibility index (Phi) is 10.8. The van der Waals surface area contributed by atoms with Gasteiger partial charge in [0.2, 0.25) is 17.7 Å². The molecule has 0 saturated carbocycles. The minimum Gasteiger partial charge on any atom is -0.457 e. The number of hydrogen-bond donors (Lipinski definition) is 2. The molecule has 4 bridgehead atoms. The molecule has 2 N–H and O–H groups in total. The molecule has 8 heteroatoms. The molecule has 8 nitrogen and oxygen atoms in total. The molecule has 248 valence electrons. The standard InChI is InChI=1S/C40H44N4O4/c1-43-36(21-20-29-12-4-2-5-13-29)39(46)42-35(38(45)41-28-30-14-6-3-7-15-30)26-31-16-10-18-33(24-31)48-34-19-11-17-32(25-34)27-37(40(43)47)44-22-8-9-23-44/h2-7,10-19,24-25,35-37H,8-9,20-23,26-28H2,1H3,(H,41,45)(H,42,46)/t35-,36-,37-/m0/s1. The second kappa shape index (κ2) is 15.8. The zero-order valence-electron chi connectivity index (χ0n) is 27.5. The molecule has 48 heavy (non-hydrogen) atoms. The third kappa shape index (κ3) is 8.49. The summed E-state index contributed by atoms with van der Waals surface area (Å²) in [5, 5.41) is 6.09. The predicted octanol–water partition coefficient (Wildman–Crippen LogP) is 5.30. The van der Waals surface area contributed by atoms with Crippen LogP contribution in [0, 0.1) is 0 Å². The fourth-order valence-electron chi connectivity index (χ4n) is 6.72. The van der Waals surface area contributed by atoms with Gasteiger partial charge in [-0.15, -0.1) is 0 Å². The number of fused-ring (bicyclic) bond motifs is 4. The highest BCUT2D eigenvalue weighted by atomic mass is 16.5. The molecule has 0 spiro atoms. The summed E-state index contributed by atoms with van der Waals surface area (Å²) in [4.78, 5) is 46.5. The summed E-state index contributed by atoms with van der Waals surface area (Å²) in [6.07, 6.45) is 3.84. The number of rotatable bonds is 7. The lowest BCUT2D eigenvalue weighted by molar-refractivity contribution is -0.143. The minimum atomic E-state index is -0.871. The second-order valence-corrected chi connectivity index (χ2v) is 12.8. The molecule has 1 fully saturated rings. The molecule has 6 rings (SSSR count). The lowest BCUT2D eigenvalue weighted by Crippen LogP contribution is -2.57. The second-order valence-electron chi connectivity index (χ2n) is 12.8. The monoisotopic (exact) mass is 644 g/mol. The van der Waals surface area contributed by atoms with Crippen LogP contribution in [0.15, 0.2) is 109 Å². The van der Waals surface area contributed by atoms with Gasteiger partial charge in [0.1, 0.15) is 23.6 Å². The van der Waals surface area contributed by atoms with E-state index in [1.165, 1.54) is 0 Å². The van der Waals surface area contributed by atoms with Gasteiger partial charge in [0.25, 0.3) is 0 Å². The van der Waals surface area contributed by atoms with Crippen molar-refractivity contribution in [3.8, 4) is 11.5 Å². The Morgan fingerprint density at radius 2 is 1.40 bits per heavy atom. The van der Waals surface area contributed by atoms with Gasteiger partial charge in [-0.3, -0.25) is 19.3 Å². The van der Waals surface area contributed by atoms with E-state index in [0.717, 1.165) is 48.2 Å². The number of amides is 3. The molecular formula is C40H44N4O4. The van der Waals surface area contributed by atoms with Gasteiger partial charge in [0.15, 0.2) is 0 Å². The molecule has 0 unspecified atom stereocenters. The van der Waals surface area contributed by atoms with Crippen LogP contribution in [0.1, 0.15) is 41.5 Å². The maximum Gasteiger partial charge on any atom is 0.243 e. The van der Waals surface area contributed by atoms with Gasteiger partial charge in [0, 0.05) is 20.0 Å². The van der Waals surface area contributed by atoms with E-state index >= 15 is 0 Å². The molecule has 3 atom stereocenters. The average Bonchev–Trinajstić information content (AvgIpc) is 3.65. The van der Waals surface area contributed by atoms with Gasteiger partial charge in [-0.2, -0.15) is 0 Å². The van der Waals surface area contributed by atoms with Crippen molar-refractivity contribution in [3.63, 3.8) is 0 Å². The van der Waals surface area contributed by atoms with Crippen LogP contribution in [0.5, 0.6) is 11.5 Å². The number of carbonyl (C=O) groups is 3. The number of nitrogens with one attached hydrogen (secondary N) is 2. The number of benzene rings is 4. The minimum absolute atomic E-state index is 0.0983. The zero-order chi connectivity index (χ0) is 33.3. The van der Waals surface area contributed by atoms with Gasteiger partial charge in [-0.1, -0.05) is 84.9 Å². The Morgan fingerprint density at radius 1 is 0.792 bits per heavy atom. The molecule has 2 aliphatic heterocycles. The number of likely N-dealkylation sites (tertiary alicyclic amines) is 1. The van der Waals surface area contributed by atoms with E-state index < -0.39 is 18.1 Å². The molecule has 1 saturated heterocycles. The number of aryl methyl sites for hydroxylation is 1. The average molecular weight is 645 g/mol.